The molecule has 11 aromatic rings. The summed E-state index contributed by atoms with van der Waals surface area (Å²) in [6.45, 7) is 8.96. The highest BCUT2D eigenvalue weighted by molar-refractivity contribution is 7.00. The van der Waals surface area contributed by atoms with Crippen LogP contribution in [0.5, 0.6) is 0 Å². The fourth-order valence-corrected chi connectivity index (χ4v) is 12.2. The molecule has 4 heteroatoms. The Hall–Kier alpha value is -9.12. The Kier molecular flexibility index (Phi) is 11.2. The van der Waals surface area contributed by atoms with Crippen LogP contribution in [0.2, 0.25) is 0 Å². The number of hydrogen-bond acceptors (Lipinski definition) is 3. The quantitative estimate of drug-likeness (QED) is 0.134. The first-order chi connectivity index (χ1) is 36.4. The summed E-state index contributed by atoms with van der Waals surface area (Å²) in [5.74, 6) is 0. The van der Waals surface area contributed by atoms with Crippen molar-refractivity contribution in [3.8, 4) is 44.5 Å². The second kappa shape index (κ2) is 18.5. The number of hydrogen-bond donors (Lipinski definition) is 0. The van der Waals surface area contributed by atoms with Gasteiger partial charge in [-0.25, -0.2) is 0 Å². The van der Waals surface area contributed by atoms with Gasteiger partial charge in [0.05, 0.1) is 28.4 Å². The van der Waals surface area contributed by atoms with Crippen LogP contribution in [0.1, 0.15) is 22.3 Å². The molecule has 0 aromatic heterocycles. The number of para-hydroxylation sites is 6. The average molecular weight is 948 g/mol. The molecule has 352 valence electrons. The third kappa shape index (κ3) is 7.36. The van der Waals surface area contributed by atoms with Crippen molar-refractivity contribution in [2.75, 3.05) is 14.7 Å². The van der Waals surface area contributed by atoms with Gasteiger partial charge in [-0.15, -0.1) is 0 Å². The molecule has 0 saturated heterocycles. The molecule has 0 saturated carbocycles. The van der Waals surface area contributed by atoms with E-state index in [0.717, 1.165) is 84.3 Å². The van der Waals surface area contributed by atoms with Crippen molar-refractivity contribution in [1.82, 2.24) is 0 Å². The molecule has 0 bridgehead atoms. The van der Waals surface area contributed by atoms with E-state index < -0.39 is 0 Å². The summed E-state index contributed by atoms with van der Waals surface area (Å²) >= 11 is 0. The Morgan fingerprint density at radius 1 is 0.297 bits per heavy atom. The number of fused-ring (bicyclic) bond motifs is 4. The number of anilines is 9. The smallest absolute Gasteiger partial charge is 0.252 e. The van der Waals surface area contributed by atoms with Crippen LogP contribution in [0.3, 0.4) is 0 Å². The molecule has 11 aromatic carbocycles. The van der Waals surface area contributed by atoms with Crippen LogP contribution >= 0.6 is 0 Å². The molecule has 0 atom stereocenters. The minimum absolute atomic E-state index is 0.0871. The highest BCUT2D eigenvalue weighted by Crippen LogP contribution is 2.54. The molecule has 2 heterocycles. The molecule has 0 amide bonds. The van der Waals surface area contributed by atoms with Crippen molar-refractivity contribution < 1.29 is 0 Å². The largest absolute Gasteiger partial charge is 0.310 e. The van der Waals surface area contributed by atoms with Crippen LogP contribution in [0, 0.1) is 27.7 Å². The van der Waals surface area contributed by atoms with E-state index >= 15 is 0 Å². The van der Waals surface area contributed by atoms with E-state index in [1.54, 1.807) is 0 Å². The SMILES string of the molecule is Cc1cccc(C)c1N(c1cc2c3c(c1)N(c1c(-c4ccccc4)cccc1-c1ccccc1)c1ccccc1B3c1ccccc1N2c1c(-c2ccccc2)cccc1-c1ccccc1)c1c(C)cccc1C. The molecule has 0 N–H and O–H groups in total. The molecule has 2 aliphatic heterocycles. The summed E-state index contributed by atoms with van der Waals surface area (Å²) in [6.07, 6.45) is 0. The monoisotopic (exact) mass is 947 g/mol. The van der Waals surface area contributed by atoms with Gasteiger partial charge in [0.1, 0.15) is 0 Å². The van der Waals surface area contributed by atoms with E-state index in [1.165, 1.54) is 50.0 Å². The van der Waals surface area contributed by atoms with Crippen molar-refractivity contribution in [1.29, 1.82) is 0 Å². The summed E-state index contributed by atoms with van der Waals surface area (Å²) in [5, 5.41) is 0. The fourth-order valence-electron chi connectivity index (χ4n) is 12.2. The van der Waals surface area contributed by atoms with Crippen LogP contribution in [0.25, 0.3) is 44.5 Å². The average Bonchev–Trinajstić information content (AvgIpc) is 3.47. The van der Waals surface area contributed by atoms with E-state index in [-0.39, 0.29) is 6.71 Å². The van der Waals surface area contributed by atoms with E-state index in [4.69, 9.17) is 0 Å². The minimum Gasteiger partial charge on any atom is -0.310 e. The van der Waals surface area contributed by atoms with Crippen LogP contribution in [0.15, 0.2) is 255 Å². The number of rotatable bonds is 9. The molecule has 74 heavy (non-hydrogen) atoms. The van der Waals surface area contributed by atoms with Crippen LogP contribution in [-0.2, 0) is 0 Å². The topological polar surface area (TPSA) is 9.72 Å². The summed E-state index contributed by atoms with van der Waals surface area (Å²) in [7, 11) is 0. The normalized spacial score (nSPS) is 12.2. The van der Waals surface area contributed by atoms with Gasteiger partial charge in [-0.3, -0.25) is 0 Å². The van der Waals surface area contributed by atoms with Crippen LogP contribution in [0.4, 0.5) is 51.2 Å². The predicted octanol–water partition coefficient (Wildman–Crippen LogP) is 17.1. The van der Waals surface area contributed by atoms with Crippen LogP contribution < -0.4 is 31.1 Å². The summed E-state index contributed by atoms with van der Waals surface area (Å²) < 4.78 is 0. The van der Waals surface area contributed by atoms with Gasteiger partial charge in [-0.1, -0.05) is 231 Å². The first-order valence-corrected chi connectivity index (χ1v) is 25.8. The lowest BCUT2D eigenvalue weighted by Crippen LogP contribution is -2.61. The van der Waals surface area contributed by atoms with Crippen molar-refractivity contribution >= 4 is 74.3 Å². The van der Waals surface area contributed by atoms with E-state index in [9.17, 15) is 0 Å². The second-order valence-corrected chi connectivity index (χ2v) is 19.8. The van der Waals surface area contributed by atoms with Gasteiger partial charge in [0, 0.05) is 45.0 Å². The Labute approximate surface area is 436 Å². The molecular formula is C70H54BN3. The predicted molar refractivity (Wildman–Crippen MR) is 316 cm³/mol. The lowest BCUT2D eigenvalue weighted by atomic mass is 9.33. The highest BCUT2D eigenvalue weighted by atomic mass is 15.2. The number of benzene rings is 11. The lowest BCUT2D eigenvalue weighted by Gasteiger charge is -2.46. The van der Waals surface area contributed by atoms with E-state index in [0.29, 0.717) is 0 Å². The van der Waals surface area contributed by atoms with E-state index in [1.807, 2.05) is 0 Å². The summed E-state index contributed by atoms with van der Waals surface area (Å²) in [4.78, 5) is 7.82. The van der Waals surface area contributed by atoms with Gasteiger partial charge in [0.15, 0.2) is 0 Å². The third-order valence-corrected chi connectivity index (χ3v) is 15.3. The van der Waals surface area contributed by atoms with Crippen LogP contribution in [-0.4, -0.2) is 6.71 Å². The Balaban J connectivity index is 1.23. The molecular weight excluding hydrogens is 894 g/mol. The highest BCUT2D eigenvalue weighted by Gasteiger charge is 2.45. The molecule has 0 radical (unpaired) electrons. The van der Waals surface area contributed by atoms with Gasteiger partial charge < -0.3 is 14.7 Å². The first-order valence-electron chi connectivity index (χ1n) is 25.8. The van der Waals surface area contributed by atoms with Gasteiger partial charge in [-0.2, -0.15) is 0 Å². The van der Waals surface area contributed by atoms with Crippen molar-refractivity contribution in [2.45, 2.75) is 27.7 Å². The Morgan fingerprint density at radius 3 is 0.932 bits per heavy atom. The van der Waals surface area contributed by atoms with Crippen molar-refractivity contribution in [3.63, 3.8) is 0 Å². The molecule has 0 aliphatic carbocycles. The van der Waals surface area contributed by atoms with Gasteiger partial charge in [0.2, 0.25) is 0 Å². The van der Waals surface area contributed by atoms with E-state index in [2.05, 4.69) is 297 Å². The molecule has 0 fully saturated rings. The lowest BCUT2D eigenvalue weighted by molar-refractivity contribution is 1.17. The Morgan fingerprint density at radius 2 is 0.595 bits per heavy atom. The zero-order chi connectivity index (χ0) is 49.9. The molecule has 0 unspecified atom stereocenters. The second-order valence-electron chi connectivity index (χ2n) is 19.8. The zero-order valence-corrected chi connectivity index (χ0v) is 42.2. The number of aryl methyl sites for hydroxylation is 4. The summed E-state index contributed by atoms with van der Waals surface area (Å²) in [5.41, 5.74) is 28.3. The molecule has 0 spiro atoms. The molecule has 3 nitrogen and oxygen atoms in total. The maximum absolute atomic E-state index is 2.62. The minimum atomic E-state index is -0.0871. The van der Waals surface area contributed by atoms with Gasteiger partial charge >= 0.3 is 0 Å². The Bertz CT molecular complexity index is 3500. The maximum atomic E-state index is 2.62. The van der Waals surface area contributed by atoms with Gasteiger partial charge in [0.25, 0.3) is 6.71 Å². The first kappa shape index (κ1) is 44.8. The fraction of sp³-hybridized carbons (Fsp3) is 0.0571. The number of nitrogens with zero attached hydrogens (tertiary/aromatic N) is 3. The van der Waals surface area contributed by atoms with Gasteiger partial charge in [-0.05, 0) is 113 Å². The van der Waals surface area contributed by atoms with Crippen molar-refractivity contribution in [3.05, 3.63) is 277 Å². The van der Waals surface area contributed by atoms with Crippen molar-refractivity contribution in [2.24, 2.45) is 0 Å². The summed E-state index contributed by atoms with van der Waals surface area (Å²) in [6, 6.07) is 94.3. The maximum Gasteiger partial charge on any atom is 0.252 e. The zero-order valence-electron chi connectivity index (χ0n) is 42.2. The molecule has 13 rings (SSSR count). The standard InChI is InChI=1S/C70H54BN3/c1-47-25-21-26-48(2)67(47)72(68-49(3)27-22-28-50(68)4)55-45-64-66-65(46-55)74(70-58(53-33-13-7-14-34-53)39-24-40-59(70)54-35-15-8-16-36-54)63-44-20-18-42-61(63)71(66)60-41-17-19-43-62(60)73(64)69-56(51-29-9-5-10-30-51)37-23-38-57(69)52-31-11-6-12-32-52/h5-46H,1-4H3. The molecule has 2 aliphatic rings. The third-order valence-electron chi connectivity index (χ3n) is 15.3.